The number of para-hydroxylation sites is 1. The summed E-state index contributed by atoms with van der Waals surface area (Å²) in [5.74, 6) is 6.73. The van der Waals surface area contributed by atoms with Gasteiger partial charge in [0.2, 0.25) is 11.1 Å². The second kappa shape index (κ2) is 9.40. The molecule has 3 aromatic rings. The topological polar surface area (TPSA) is 129 Å². The Morgan fingerprint density at radius 2 is 1.84 bits per heavy atom. The summed E-state index contributed by atoms with van der Waals surface area (Å²) in [5, 5.41) is 11.0. The van der Waals surface area contributed by atoms with Gasteiger partial charge >= 0.3 is 0 Å². The van der Waals surface area contributed by atoms with Crippen molar-refractivity contribution in [3.63, 3.8) is 0 Å². The van der Waals surface area contributed by atoms with Gasteiger partial charge in [-0.15, -0.1) is 10.2 Å². The molecular weight excluding hydrogens is 438 g/mol. The Hall–Kier alpha value is -3.05. The van der Waals surface area contributed by atoms with Crippen molar-refractivity contribution in [2.45, 2.75) is 30.5 Å². The average Bonchev–Trinajstić information content (AvgIpc) is 3.03. The van der Waals surface area contributed by atoms with Crippen LogP contribution in [0.15, 0.2) is 52.5 Å². The maximum absolute atomic E-state index is 12.3. The Labute approximate surface area is 184 Å². The van der Waals surface area contributed by atoms with E-state index in [9.17, 15) is 13.2 Å². The van der Waals surface area contributed by atoms with Gasteiger partial charge in [-0.05, 0) is 49.2 Å². The van der Waals surface area contributed by atoms with E-state index in [0.717, 1.165) is 29.1 Å². The molecule has 0 aliphatic rings. The third kappa shape index (κ3) is 5.98. The van der Waals surface area contributed by atoms with Crippen molar-refractivity contribution in [3.05, 3.63) is 59.4 Å². The highest BCUT2D eigenvalue weighted by molar-refractivity contribution is 7.99. The number of hydrogen-bond acceptors (Lipinski definition) is 8. The van der Waals surface area contributed by atoms with Gasteiger partial charge in [0.05, 0.1) is 16.3 Å². The largest absolute Gasteiger partial charge is 0.486 e. The van der Waals surface area contributed by atoms with E-state index in [1.807, 2.05) is 32.0 Å². The molecule has 0 aliphatic heterocycles. The van der Waals surface area contributed by atoms with Gasteiger partial charge in [0.25, 0.3) is 0 Å². The summed E-state index contributed by atoms with van der Waals surface area (Å²) in [6.07, 6.45) is 1.09. The Kier molecular flexibility index (Phi) is 6.86. The zero-order chi connectivity index (χ0) is 22.6. The predicted molar refractivity (Wildman–Crippen MR) is 119 cm³/mol. The number of benzene rings is 2. The molecule has 0 atom stereocenters. The van der Waals surface area contributed by atoms with Crippen LogP contribution in [0.3, 0.4) is 0 Å². The third-order valence-corrected chi connectivity index (χ3v) is 6.29. The maximum atomic E-state index is 12.3. The summed E-state index contributed by atoms with van der Waals surface area (Å²) in [6, 6.07) is 12.1. The zero-order valence-electron chi connectivity index (χ0n) is 17.3. The molecule has 0 bridgehead atoms. The number of nitrogens with two attached hydrogens (primary N) is 1. The summed E-state index contributed by atoms with van der Waals surface area (Å²) in [4.78, 5) is 12.4. The van der Waals surface area contributed by atoms with E-state index in [0.29, 0.717) is 16.7 Å². The van der Waals surface area contributed by atoms with Gasteiger partial charge in [-0.1, -0.05) is 30.0 Å². The number of amides is 1. The molecule has 9 nitrogen and oxygen atoms in total. The maximum Gasteiger partial charge on any atom is 0.234 e. The van der Waals surface area contributed by atoms with E-state index in [4.69, 9.17) is 10.6 Å². The summed E-state index contributed by atoms with van der Waals surface area (Å²) in [6.45, 7) is 4.10. The van der Waals surface area contributed by atoms with Gasteiger partial charge in [0.1, 0.15) is 12.4 Å². The van der Waals surface area contributed by atoms with Crippen LogP contribution in [0, 0.1) is 13.8 Å². The van der Waals surface area contributed by atoms with Crippen molar-refractivity contribution in [1.29, 1.82) is 0 Å². The molecule has 0 unspecified atom stereocenters. The first kappa shape index (κ1) is 22.6. The van der Waals surface area contributed by atoms with Crippen LogP contribution >= 0.6 is 11.8 Å². The molecule has 0 fully saturated rings. The Bertz CT molecular complexity index is 1190. The van der Waals surface area contributed by atoms with Gasteiger partial charge in [-0.25, -0.2) is 13.1 Å². The molecule has 1 aromatic heterocycles. The summed E-state index contributed by atoms with van der Waals surface area (Å²) in [7, 11) is -3.47. The molecule has 1 heterocycles. The minimum atomic E-state index is -3.47. The van der Waals surface area contributed by atoms with Crippen molar-refractivity contribution in [2.24, 2.45) is 0 Å². The lowest BCUT2D eigenvalue weighted by atomic mass is 10.1. The van der Waals surface area contributed by atoms with Gasteiger partial charge in [0, 0.05) is 6.26 Å². The lowest BCUT2D eigenvalue weighted by Gasteiger charge is -2.10. The van der Waals surface area contributed by atoms with Crippen molar-refractivity contribution in [3.8, 4) is 5.75 Å². The standard InChI is InChI=1S/C20H23N5O4S2/c1-13-8-14(2)10-15(9-13)29-11-18-23-24-20(25(18)21)30-12-19(26)22-16-6-4-5-7-17(16)31(3,27)28/h4-10H,11-12,21H2,1-3H3,(H,22,26). The van der Waals surface area contributed by atoms with Gasteiger partial charge in [0.15, 0.2) is 15.7 Å². The van der Waals surface area contributed by atoms with Crippen LogP contribution in [0.5, 0.6) is 5.75 Å². The quantitative estimate of drug-likeness (QED) is 0.386. The molecule has 1 amide bonds. The number of nitrogens with one attached hydrogen (secondary N) is 1. The fourth-order valence-electron chi connectivity index (χ4n) is 2.88. The fourth-order valence-corrected chi connectivity index (χ4v) is 4.40. The van der Waals surface area contributed by atoms with E-state index >= 15 is 0 Å². The molecule has 0 aliphatic carbocycles. The van der Waals surface area contributed by atoms with E-state index < -0.39 is 15.7 Å². The van der Waals surface area contributed by atoms with Gasteiger partial charge in [-0.2, -0.15) is 0 Å². The van der Waals surface area contributed by atoms with Crippen LogP contribution in [0.1, 0.15) is 17.0 Å². The van der Waals surface area contributed by atoms with Crippen LogP contribution in [-0.4, -0.2) is 41.2 Å². The number of thioether (sulfide) groups is 1. The first-order valence-corrected chi connectivity index (χ1v) is 12.1. The first-order valence-electron chi connectivity index (χ1n) is 9.25. The Morgan fingerprint density at radius 1 is 1.16 bits per heavy atom. The van der Waals surface area contributed by atoms with Crippen molar-refractivity contribution in [1.82, 2.24) is 14.9 Å². The molecule has 31 heavy (non-hydrogen) atoms. The number of hydrogen-bond donors (Lipinski definition) is 2. The smallest absolute Gasteiger partial charge is 0.234 e. The summed E-state index contributed by atoms with van der Waals surface area (Å²) < 4.78 is 30.7. The van der Waals surface area contributed by atoms with Crippen LogP contribution < -0.4 is 15.9 Å². The highest BCUT2D eigenvalue weighted by Gasteiger charge is 2.16. The summed E-state index contributed by atoms with van der Waals surface area (Å²) >= 11 is 1.08. The van der Waals surface area contributed by atoms with Crippen molar-refractivity contribution < 1.29 is 17.9 Å². The highest BCUT2D eigenvalue weighted by Crippen LogP contribution is 2.22. The molecule has 2 aromatic carbocycles. The predicted octanol–water partition coefficient (Wildman–Crippen LogP) is 2.32. The molecule has 3 rings (SSSR count). The lowest BCUT2D eigenvalue weighted by molar-refractivity contribution is -0.113. The van der Waals surface area contributed by atoms with Crippen molar-refractivity contribution in [2.75, 3.05) is 23.2 Å². The molecule has 0 spiro atoms. The van der Waals surface area contributed by atoms with E-state index in [-0.39, 0.29) is 22.9 Å². The number of aryl methyl sites for hydroxylation is 2. The zero-order valence-corrected chi connectivity index (χ0v) is 19.0. The molecule has 164 valence electrons. The summed E-state index contributed by atoms with van der Waals surface area (Å²) in [5.41, 5.74) is 2.40. The van der Waals surface area contributed by atoms with Crippen molar-refractivity contribution >= 4 is 33.2 Å². The third-order valence-electron chi connectivity index (χ3n) is 4.19. The van der Waals surface area contributed by atoms with E-state index in [1.165, 1.54) is 16.8 Å². The number of nitrogens with zero attached hydrogens (tertiary/aromatic N) is 3. The Balaban J connectivity index is 1.59. The number of nitrogen functional groups attached to an aromatic ring is 1. The normalized spacial score (nSPS) is 11.3. The van der Waals surface area contributed by atoms with E-state index in [1.54, 1.807) is 12.1 Å². The lowest BCUT2D eigenvalue weighted by Crippen LogP contribution is -2.19. The molecule has 0 radical (unpaired) electrons. The molecule has 0 saturated carbocycles. The van der Waals surface area contributed by atoms with E-state index in [2.05, 4.69) is 15.5 Å². The average molecular weight is 462 g/mol. The minimum Gasteiger partial charge on any atom is -0.486 e. The van der Waals surface area contributed by atoms with Gasteiger partial charge in [-0.3, -0.25) is 4.79 Å². The minimum absolute atomic E-state index is 0.0225. The number of ether oxygens (including phenoxy) is 1. The molecule has 0 saturated heterocycles. The number of anilines is 1. The Morgan fingerprint density at radius 3 is 2.52 bits per heavy atom. The highest BCUT2D eigenvalue weighted by atomic mass is 32.2. The number of carbonyl (C=O) groups excluding carboxylic acids is 1. The van der Waals surface area contributed by atoms with Crippen LogP contribution in [0.25, 0.3) is 0 Å². The number of aromatic nitrogens is 3. The van der Waals surface area contributed by atoms with Crippen LogP contribution in [-0.2, 0) is 21.2 Å². The molecule has 3 N–H and O–H groups in total. The number of carbonyl (C=O) groups is 1. The number of rotatable bonds is 8. The molecule has 11 heteroatoms. The SMILES string of the molecule is Cc1cc(C)cc(OCc2nnc(SCC(=O)Nc3ccccc3S(C)(=O)=O)n2N)c1. The fraction of sp³-hybridized carbons (Fsp3) is 0.250. The first-order chi connectivity index (χ1) is 14.6. The van der Waals surface area contributed by atoms with Crippen LogP contribution in [0.4, 0.5) is 5.69 Å². The van der Waals surface area contributed by atoms with Crippen LogP contribution in [0.2, 0.25) is 0 Å². The second-order valence-corrected chi connectivity index (χ2v) is 9.91. The molecular formula is C20H23N5O4S2. The number of sulfone groups is 1. The second-order valence-electron chi connectivity index (χ2n) is 6.99. The monoisotopic (exact) mass is 461 g/mol. The van der Waals surface area contributed by atoms with Gasteiger partial charge < -0.3 is 15.9 Å².